The van der Waals surface area contributed by atoms with Crippen LogP contribution in [0.25, 0.3) is 5.82 Å². The van der Waals surface area contributed by atoms with E-state index in [4.69, 9.17) is 4.74 Å². The molecule has 2 N–H and O–H groups in total. The van der Waals surface area contributed by atoms with Crippen molar-refractivity contribution < 1.29 is 13.2 Å². The summed E-state index contributed by atoms with van der Waals surface area (Å²) in [7, 11) is -2.20. The molecule has 1 atom stereocenters. The molecule has 0 aliphatic carbocycles. The van der Waals surface area contributed by atoms with Gasteiger partial charge in [0.05, 0.1) is 5.60 Å². The summed E-state index contributed by atoms with van der Waals surface area (Å²) in [5.41, 5.74) is 0.808. The summed E-state index contributed by atoms with van der Waals surface area (Å²) < 4.78 is 34.3. The average Bonchev–Trinajstić information content (AvgIpc) is 3.13. The van der Waals surface area contributed by atoms with Gasteiger partial charge in [-0.3, -0.25) is 9.89 Å². The number of aromatic nitrogens is 3. The fraction of sp³-hybridized carbons (Fsp3) is 0.333. The molecule has 0 saturated heterocycles. The minimum Gasteiger partial charge on any atom is -0.377 e. The number of ether oxygens (including phenoxy) is 1. The molecule has 0 amide bonds. The standard InChI is InChI=1S/C21H26N4O4S/c1-4-21(2,29-3)15-24-30(27,28)18-10-11-19(22-14-18)25-20(26)17(13-23-25)12-16-8-6-5-7-9-16/h5-11,13-14,23-24H,4,12,15H2,1-3H3. The number of nitrogens with zero attached hydrogens (tertiary/aromatic N) is 2. The van der Waals surface area contributed by atoms with Crippen molar-refractivity contribution in [2.75, 3.05) is 13.7 Å². The summed E-state index contributed by atoms with van der Waals surface area (Å²) >= 11 is 0. The number of aromatic amines is 1. The van der Waals surface area contributed by atoms with Crippen molar-refractivity contribution in [1.82, 2.24) is 19.5 Å². The highest BCUT2D eigenvalue weighted by Gasteiger charge is 2.25. The number of hydrogen-bond donors (Lipinski definition) is 2. The first-order valence-electron chi connectivity index (χ1n) is 9.62. The Morgan fingerprint density at radius 3 is 2.53 bits per heavy atom. The van der Waals surface area contributed by atoms with E-state index in [1.807, 2.05) is 44.2 Å². The molecule has 0 saturated carbocycles. The molecule has 1 aromatic carbocycles. The summed E-state index contributed by atoms with van der Waals surface area (Å²) in [6, 6.07) is 12.6. The first-order chi connectivity index (χ1) is 14.3. The van der Waals surface area contributed by atoms with E-state index < -0.39 is 15.6 Å². The number of rotatable bonds is 9. The molecule has 0 aliphatic heterocycles. The van der Waals surface area contributed by atoms with Gasteiger partial charge in [-0.25, -0.2) is 22.8 Å². The first-order valence-corrected chi connectivity index (χ1v) is 11.1. The van der Waals surface area contributed by atoms with E-state index in [1.165, 1.54) is 23.0 Å². The second-order valence-electron chi connectivity index (χ2n) is 7.29. The summed E-state index contributed by atoms with van der Waals surface area (Å²) in [6.45, 7) is 3.90. The normalized spacial score (nSPS) is 13.8. The maximum atomic E-state index is 12.7. The van der Waals surface area contributed by atoms with Crippen LogP contribution >= 0.6 is 0 Å². The Balaban J connectivity index is 1.77. The molecule has 0 bridgehead atoms. The molecular formula is C21H26N4O4S. The molecule has 0 spiro atoms. The van der Waals surface area contributed by atoms with E-state index in [9.17, 15) is 13.2 Å². The van der Waals surface area contributed by atoms with Crippen molar-refractivity contribution in [3.8, 4) is 5.82 Å². The molecule has 0 aliphatic rings. The third-order valence-electron chi connectivity index (χ3n) is 5.22. The van der Waals surface area contributed by atoms with Crippen molar-refractivity contribution in [3.63, 3.8) is 0 Å². The predicted molar refractivity (Wildman–Crippen MR) is 114 cm³/mol. The lowest BCUT2D eigenvalue weighted by atomic mass is 10.0. The zero-order valence-corrected chi connectivity index (χ0v) is 18.1. The molecule has 3 aromatic rings. The summed E-state index contributed by atoms with van der Waals surface area (Å²) in [5.74, 6) is 0.313. The third-order valence-corrected chi connectivity index (χ3v) is 6.61. The molecule has 3 rings (SSSR count). The number of pyridine rings is 1. The van der Waals surface area contributed by atoms with Gasteiger partial charge < -0.3 is 4.74 Å². The molecular weight excluding hydrogens is 404 g/mol. The lowest BCUT2D eigenvalue weighted by Gasteiger charge is -2.26. The smallest absolute Gasteiger partial charge is 0.276 e. The van der Waals surface area contributed by atoms with Gasteiger partial charge in [0, 0.05) is 38.0 Å². The minimum atomic E-state index is -3.75. The van der Waals surface area contributed by atoms with Crippen LogP contribution in [0.5, 0.6) is 0 Å². The van der Waals surface area contributed by atoms with Crippen LogP contribution in [-0.2, 0) is 21.2 Å². The highest BCUT2D eigenvalue weighted by atomic mass is 32.2. The zero-order chi connectivity index (χ0) is 21.8. The molecule has 0 fully saturated rings. The van der Waals surface area contributed by atoms with E-state index in [0.29, 0.717) is 24.2 Å². The summed E-state index contributed by atoms with van der Waals surface area (Å²) in [5, 5.41) is 2.89. The van der Waals surface area contributed by atoms with Gasteiger partial charge in [0.15, 0.2) is 5.82 Å². The molecule has 2 heterocycles. The van der Waals surface area contributed by atoms with Crippen molar-refractivity contribution in [2.24, 2.45) is 0 Å². The van der Waals surface area contributed by atoms with Crippen LogP contribution in [0.4, 0.5) is 0 Å². The van der Waals surface area contributed by atoms with Gasteiger partial charge in [-0.1, -0.05) is 37.3 Å². The van der Waals surface area contributed by atoms with Gasteiger partial charge in [0.25, 0.3) is 5.56 Å². The summed E-state index contributed by atoms with van der Waals surface area (Å²) in [4.78, 5) is 16.9. The van der Waals surface area contributed by atoms with Gasteiger partial charge in [-0.15, -0.1) is 0 Å². The number of H-pyrrole nitrogens is 1. The number of nitrogens with one attached hydrogen (secondary N) is 2. The number of sulfonamides is 1. The SMILES string of the molecule is CCC(C)(CNS(=O)(=O)c1ccc(-n2[nH]cc(Cc3ccccc3)c2=O)nc1)OC. The lowest BCUT2D eigenvalue weighted by Crippen LogP contribution is -2.41. The monoisotopic (exact) mass is 430 g/mol. The van der Waals surface area contributed by atoms with E-state index in [0.717, 1.165) is 5.56 Å². The highest BCUT2D eigenvalue weighted by molar-refractivity contribution is 7.89. The Morgan fingerprint density at radius 2 is 1.93 bits per heavy atom. The van der Waals surface area contributed by atoms with E-state index in [-0.39, 0.29) is 17.0 Å². The van der Waals surface area contributed by atoms with Crippen LogP contribution in [0.1, 0.15) is 31.4 Å². The molecule has 1 unspecified atom stereocenters. The second kappa shape index (κ2) is 8.95. The highest BCUT2D eigenvalue weighted by Crippen LogP contribution is 2.15. The van der Waals surface area contributed by atoms with E-state index in [2.05, 4.69) is 14.8 Å². The van der Waals surface area contributed by atoms with Crippen LogP contribution in [-0.4, -0.2) is 42.4 Å². The number of hydrogen-bond acceptors (Lipinski definition) is 5. The molecule has 2 aromatic heterocycles. The zero-order valence-electron chi connectivity index (χ0n) is 17.3. The second-order valence-corrected chi connectivity index (χ2v) is 9.05. The molecule has 160 valence electrons. The van der Waals surface area contributed by atoms with E-state index in [1.54, 1.807) is 13.3 Å². The molecule has 9 heteroatoms. The fourth-order valence-electron chi connectivity index (χ4n) is 2.86. The van der Waals surface area contributed by atoms with Crippen LogP contribution in [0.3, 0.4) is 0 Å². The van der Waals surface area contributed by atoms with Crippen molar-refractivity contribution in [3.05, 3.63) is 76.3 Å². The summed E-state index contributed by atoms with van der Waals surface area (Å²) in [6.07, 6.45) is 4.02. The van der Waals surface area contributed by atoms with Crippen molar-refractivity contribution in [1.29, 1.82) is 0 Å². The van der Waals surface area contributed by atoms with Gasteiger partial charge >= 0.3 is 0 Å². The quantitative estimate of drug-likeness (QED) is 0.542. The minimum absolute atomic E-state index is 0.0184. The average molecular weight is 431 g/mol. The van der Waals surface area contributed by atoms with Gasteiger partial charge in [0.1, 0.15) is 4.90 Å². The van der Waals surface area contributed by atoms with Crippen LogP contribution in [0.2, 0.25) is 0 Å². The Bertz CT molecular complexity index is 1130. The maximum absolute atomic E-state index is 12.7. The Labute approximate surface area is 176 Å². The fourth-order valence-corrected chi connectivity index (χ4v) is 3.96. The Morgan fingerprint density at radius 1 is 1.20 bits per heavy atom. The van der Waals surface area contributed by atoms with Gasteiger partial charge in [-0.2, -0.15) is 0 Å². The first kappa shape index (κ1) is 21.9. The topological polar surface area (TPSA) is 106 Å². The van der Waals surface area contributed by atoms with E-state index >= 15 is 0 Å². The van der Waals surface area contributed by atoms with Gasteiger partial charge in [0.2, 0.25) is 10.0 Å². The van der Waals surface area contributed by atoms with Crippen molar-refractivity contribution >= 4 is 10.0 Å². The maximum Gasteiger partial charge on any atom is 0.276 e. The number of methoxy groups -OCH3 is 1. The Kier molecular flexibility index (Phi) is 6.55. The lowest BCUT2D eigenvalue weighted by molar-refractivity contribution is 0.00785. The predicted octanol–water partition coefficient (Wildman–Crippen LogP) is 2.24. The van der Waals surface area contributed by atoms with Gasteiger partial charge in [-0.05, 0) is 31.0 Å². The van der Waals surface area contributed by atoms with Crippen molar-refractivity contribution in [2.45, 2.75) is 37.2 Å². The molecule has 0 radical (unpaired) electrons. The van der Waals surface area contributed by atoms with Crippen LogP contribution in [0, 0.1) is 0 Å². The van der Waals surface area contributed by atoms with Crippen LogP contribution < -0.4 is 10.3 Å². The third kappa shape index (κ3) is 4.86. The Hall–Kier alpha value is -2.75. The van der Waals surface area contributed by atoms with Crippen LogP contribution in [0.15, 0.2) is 64.5 Å². The molecule has 30 heavy (non-hydrogen) atoms. The molecule has 8 nitrogen and oxygen atoms in total. The largest absolute Gasteiger partial charge is 0.377 e. The number of benzene rings is 1.